The zero-order valence-electron chi connectivity index (χ0n) is 9.73. The van der Waals surface area contributed by atoms with Gasteiger partial charge in [0.1, 0.15) is 0 Å². The summed E-state index contributed by atoms with van der Waals surface area (Å²) >= 11 is 6.18. The van der Waals surface area contributed by atoms with E-state index in [4.69, 9.17) is 11.6 Å². The molecule has 1 aromatic rings. The molecule has 0 spiro atoms. The van der Waals surface area contributed by atoms with Gasteiger partial charge in [-0.2, -0.15) is 0 Å². The first kappa shape index (κ1) is 13.2. The van der Waals surface area contributed by atoms with E-state index in [0.29, 0.717) is 0 Å². The van der Waals surface area contributed by atoms with Gasteiger partial charge in [-0.25, -0.2) is 0 Å². The first-order valence-corrected chi connectivity index (χ1v) is 6.37. The second-order valence-corrected chi connectivity index (χ2v) is 5.37. The topological polar surface area (TPSA) is 15.3 Å². The van der Waals surface area contributed by atoms with Crippen LogP contribution in [-0.4, -0.2) is 31.1 Å². The molecule has 3 rings (SSSR count). The van der Waals surface area contributed by atoms with Gasteiger partial charge < -0.3 is 5.32 Å². The Bertz CT molecular complexity index is 371. The molecule has 0 aliphatic carbocycles. The molecule has 0 bridgehead atoms. The van der Waals surface area contributed by atoms with E-state index in [-0.39, 0.29) is 12.4 Å². The van der Waals surface area contributed by atoms with Crippen molar-refractivity contribution in [3.8, 4) is 0 Å². The van der Waals surface area contributed by atoms with Gasteiger partial charge in [0, 0.05) is 24.7 Å². The van der Waals surface area contributed by atoms with Gasteiger partial charge >= 0.3 is 0 Å². The fraction of sp³-hybridized carbons (Fsp3) is 0.538. The molecule has 4 heteroatoms. The zero-order chi connectivity index (χ0) is 11.0. The van der Waals surface area contributed by atoms with Crippen molar-refractivity contribution < 1.29 is 0 Å². The molecule has 1 aromatic carbocycles. The van der Waals surface area contributed by atoms with Crippen LogP contribution in [-0.2, 0) is 6.54 Å². The van der Waals surface area contributed by atoms with Crippen LogP contribution in [0.15, 0.2) is 24.3 Å². The molecule has 2 heterocycles. The van der Waals surface area contributed by atoms with Crippen molar-refractivity contribution in [2.24, 2.45) is 11.8 Å². The van der Waals surface area contributed by atoms with E-state index in [1.54, 1.807) is 0 Å². The molecule has 2 nitrogen and oxygen atoms in total. The maximum atomic E-state index is 6.18. The molecule has 2 atom stereocenters. The number of hydrogen-bond donors (Lipinski definition) is 1. The molecule has 0 unspecified atom stereocenters. The minimum absolute atomic E-state index is 0. The third-order valence-electron chi connectivity index (χ3n) is 3.82. The second-order valence-electron chi connectivity index (χ2n) is 4.96. The first-order valence-electron chi connectivity index (χ1n) is 5.99. The summed E-state index contributed by atoms with van der Waals surface area (Å²) in [5, 5.41) is 4.37. The molecule has 2 aliphatic rings. The highest BCUT2D eigenvalue weighted by Gasteiger charge is 2.35. The molecule has 0 saturated carbocycles. The molecule has 94 valence electrons. The van der Waals surface area contributed by atoms with E-state index < -0.39 is 0 Å². The molecule has 2 saturated heterocycles. The molecular weight excluding hydrogens is 255 g/mol. The Balaban J connectivity index is 0.00000108. The van der Waals surface area contributed by atoms with Crippen LogP contribution in [0.3, 0.4) is 0 Å². The number of likely N-dealkylation sites (tertiary alicyclic amines) is 1. The molecule has 2 aliphatic heterocycles. The van der Waals surface area contributed by atoms with Crippen molar-refractivity contribution in [1.29, 1.82) is 0 Å². The summed E-state index contributed by atoms with van der Waals surface area (Å²) in [6.45, 7) is 5.85. The van der Waals surface area contributed by atoms with Gasteiger partial charge in [0.25, 0.3) is 0 Å². The Labute approximate surface area is 114 Å². The summed E-state index contributed by atoms with van der Waals surface area (Å²) in [5.41, 5.74) is 1.26. The van der Waals surface area contributed by atoms with Gasteiger partial charge in [0.2, 0.25) is 0 Å². The quantitative estimate of drug-likeness (QED) is 0.890. The third kappa shape index (κ3) is 2.76. The van der Waals surface area contributed by atoms with Gasteiger partial charge in [-0.1, -0.05) is 29.8 Å². The van der Waals surface area contributed by atoms with Crippen LogP contribution in [0.5, 0.6) is 0 Å². The summed E-state index contributed by atoms with van der Waals surface area (Å²) in [7, 11) is 0. The number of rotatable bonds is 2. The lowest BCUT2D eigenvalue weighted by Crippen LogP contribution is -2.25. The van der Waals surface area contributed by atoms with Crippen molar-refractivity contribution in [3.05, 3.63) is 34.9 Å². The second kappa shape index (κ2) is 5.57. The first-order chi connectivity index (χ1) is 7.83. The SMILES string of the molecule is Cl.Clc1ccccc1CN1C[C@H]2CNC[C@H]2C1. The summed E-state index contributed by atoms with van der Waals surface area (Å²) in [6.07, 6.45) is 0. The molecular formula is C13H18Cl2N2. The van der Waals surface area contributed by atoms with Crippen LogP contribution in [0.2, 0.25) is 5.02 Å². The highest BCUT2D eigenvalue weighted by molar-refractivity contribution is 6.31. The maximum absolute atomic E-state index is 6.18. The Hall–Kier alpha value is -0.280. The normalized spacial score (nSPS) is 27.8. The highest BCUT2D eigenvalue weighted by Crippen LogP contribution is 2.28. The van der Waals surface area contributed by atoms with Gasteiger partial charge in [0.05, 0.1) is 0 Å². The number of benzene rings is 1. The van der Waals surface area contributed by atoms with E-state index in [1.165, 1.54) is 31.7 Å². The summed E-state index contributed by atoms with van der Waals surface area (Å²) in [5.74, 6) is 1.73. The highest BCUT2D eigenvalue weighted by atomic mass is 35.5. The van der Waals surface area contributed by atoms with Crippen LogP contribution in [0.4, 0.5) is 0 Å². The standard InChI is InChI=1S/C13H17ClN2.ClH/c14-13-4-2-1-3-10(13)7-16-8-11-5-15-6-12(11)9-16;/h1-4,11-12,15H,5-9H2;1H/t11-,12+;. The Morgan fingerprint density at radius 3 is 2.47 bits per heavy atom. The minimum Gasteiger partial charge on any atom is -0.316 e. The predicted molar refractivity (Wildman–Crippen MR) is 73.8 cm³/mol. The average Bonchev–Trinajstić information content (AvgIpc) is 2.81. The molecule has 0 radical (unpaired) electrons. The Morgan fingerprint density at radius 1 is 1.18 bits per heavy atom. The number of hydrogen-bond acceptors (Lipinski definition) is 2. The summed E-state index contributed by atoms with van der Waals surface area (Å²) < 4.78 is 0. The lowest BCUT2D eigenvalue weighted by Gasteiger charge is -2.17. The number of nitrogens with one attached hydrogen (secondary N) is 1. The molecule has 0 amide bonds. The number of nitrogens with zero attached hydrogens (tertiary/aromatic N) is 1. The largest absolute Gasteiger partial charge is 0.316 e. The van der Waals surface area contributed by atoms with E-state index >= 15 is 0 Å². The maximum Gasteiger partial charge on any atom is 0.0451 e. The van der Waals surface area contributed by atoms with Crippen molar-refractivity contribution in [1.82, 2.24) is 10.2 Å². The Morgan fingerprint density at radius 2 is 1.82 bits per heavy atom. The van der Waals surface area contributed by atoms with Crippen LogP contribution in [0.25, 0.3) is 0 Å². The molecule has 17 heavy (non-hydrogen) atoms. The zero-order valence-corrected chi connectivity index (χ0v) is 11.3. The van der Waals surface area contributed by atoms with Crippen LogP contribution in [0.1, 0.15) is 5.56 Å². The predicted octanol–water partition coefficient (Wildman–Crippen LogP) is 2.41. The fourth-order valence-electron chi connectivity index (χ4n) is 2.95. The van der Waals surface area contributed by atoms with Crippen molar-refractivity contribution >= 4 is 24.0 Å². The number of halogens is 2. The summed E-state index contributed by atoms with van der Waals surface area (Å²) in [4.78, 5) is 2.54. The molecule has 2 fully saturated rings. The third-order valence-corrected chi connectivity index (χ3v) is 4.19. The molecule has 1 N–H and O–H groups in total. The van der Waals surface area contributed by atoms with E-state index in [2.05, 4.69) is 22.3 Å². The van der Waals surface area contributed by atoms with Gasteiger partial charge in [-0.15, -0.1) is 12.4 Å². The lowest BCUT2D eigenvalue weighted by atomic mass is 10.0. The van der Waals surface area contributed by atoms with E-state index in [9.17, 15) is 0 Å². The van der Waals surface area contributed by atoms with Crippen molar-refractivity contribution in [2.75, 3.05) is 26.2 Å². The smallest absolute Gasteiger partial charge is 0.0451 e. The van der Waals surface area contributed by atoms with E-state index in [0.717, 1.165) is 23.4 Å². The van der Waals surface area contributed by atoms with Crippen LogP contribution < -0.4 is 5.32 Å². The van der Waals surface area contributed by atoms with Gasteiger partial charge in [-0.05, 0) is 36.6 Å². The Kier molecular flexibility index (Phi) is 4.31. The fourth-order valence-corrected chi connectivity index (χ4v) is 3.14. The average molecular weight is 273 g/mol. The van der Waals surface area contributed by atoms with Crippen LogP contribution in [0, 0.1) is 11.8 Å². The van der Waals surface area contributed by atoms with Crippen molar-refractivity contribution in [3.63, 3.8) is 0 Å². The number of fused-ring (bicyclic) bond motifs is 1. The molecule has 0 aromatic heterocycles. The van der Waals surface area contributed by atoms with Gasteiger partial charge in [-0.3, -0.25) is 4.90 Å². The van der Waals surface area contributed by atoms with E-state index in [1.807, 2.05) is 12.1 Å². The summed E-state index contributed by atoms with van der Waals surface area (Å²) in [6, 6.07) is 8.18. The monoisotopic (exact) mass is 272 g/mol. The van der Waals surface area contributed by atoms with Gasteiger partial charge in [0.15, 0.2) is 0 Å². The van der Waals surface area contributed by atoms with Crippen LogP contribution >= 0.6 is 24.0 Å². The lowest BCUT2D eigenvalue weighted by molar-refractivity contribution is 0.306. The minimum atomic E-state index is 0. The van der Waals surface area contributed by atoms with Crippen molar-refractivity contribution in [2.45, 2.75) is 6.54 Å².